The molecule has 0 N–H and O–H groups in total. The van der Waals surface area contributed by atoms with E-state index in [-0.39, 0.29) is 57.8 Å². The zero-order valence-electron chi connectivity index (χ0n) is 15.3. The molecule has 0 amide bonds. The third-order valence-electron chi connectivity index (χ3n) is 3.62. The van der Waals surface area contributed by atoms with Gasteiger partial charge in [-0.25, -0.2) is 0 Å². The molecule has 0 radical (unpaired) electrons. The first kappa shape index (κ1) is 25.6. The maximum absolute atomic E-state index is 10.2. The van der Waals surface area contributed by atoms with Gasteiger partial charge in [0.1, 0.15) is 0 Å². The SMILES string of the molecule is CCCCCCCCCCCC=CCC=C=CCCC(=O)[O-].[K+]. The molecule has 0 heterocycles. The van der Waals surface area contributed by atoms with Crippen molar-refractivity contribution in [1.29, 1.82) is 0 Å². The van der Waals surface area contributed by atoms with Gasteiger partial charge in [0, 0.05) is 5.97 Å². The second-order valence-corrected chi connectivity index (χ2v) is 5.81. The van der Waals surface area contributed by atoms with Crippen LogP contribution in [0.5, 0.6) is 0 Å². The summed E-state index contributed by atoms with van der Waals surface area (Å²) in [7, 11) is 0. The molecule has 0 aliphatic carbocycles. The number of carboxylic acid groups (broad SMARTS) is 1. The fourth-order valence-electron chi connectivity index (χ4n) is 2.28. The van der Waals surface area contributed by atoms with E-state index >= 15 is 0 Å². The minimum Gasteiger partial charge on any atom is -0.550 e. The Morgan fingerprint density at radius 2 is 1.48 bits per heavy atom. The summed E-state index contributed by atoms with van der Waals surface area (Å²) in [6.45, 7) is 2.26. The molecule has 0 rings (SSSR count). The number of rotatable bonds is 15. The van der Waals surface area contributed by atoms with Crippen molar-refractivity contribution in [3.8, 4) is 0 Å². The third-order valence-corrected chi connectivity index (χ3v) is 3.62. The maximum Gasteiger partial charge on any atom is 1.00 e. The van der Waals surface area contributed by atoms with Gasteiger partial charge in [0.25, 0.3) is 0 Å². The van der Waals surface area contributed by atoms with Crippen LogP contribution in [0.2, 0.25) is 0 Å². The first-order valence-electron chi connectivity index (χ1n) is 9.01. The van der Waals surface area contributed by atoms with Crippen LogP contribution >= 0.6 is 0 Å². The number of aliphatic carboxylic acids is 1. The molecule has 23 heavy (non-hydrogen) atoms. The van der Waals surface area contributed by atoms with Crippen LogP contribution in [0.25, 0.3) is 0 Å². The van der Waals surface area contributed by atoms with Gasteiger partial charge in [0.2, 0.25) is 0 Å². The van der Waals surface area contributed by atoms with E-state index in [4.69, 9.17) is 0 Å². The largest absolute Gasteiger partial charge is 1.00 e. The number of allylic oxidation sites excluding steroid dienone is 3. The van der Waals surface area contributed by atoms with Crippen molar-refractivity contribution >= 4 is 5.97 Å². The smallest absolute Gasteiger partial charge is 0.550 e. The van der Waals surface area contributed by atoms with Crippen molar-refractivity contribution in [2.45, 2.75) is 90.4 Å². The summed E-state index contributed by atoms with van der Waals surface area (Å²) >= 11 is 0. The van der Waals surface area contributed by atoms with Crippen molar-refractivity contribution in [3.05, 3.63) is 30.0 Å². The fourth-order valence-corrected chi connectivity index (χ4v) is 2.28. The van der Waals surface area contributed by atoms with Crippen LogP contribution in [0.4, 0.5) is 0 Å². The van der Waals surface area contributed by atoms with Gasteiger partial charge in [-0.3, -0.25) is 0 Å². The Morgan fingerprint density at radius 1 is 0.870 bits per heavy atom. The van der Waals surface area contributed by atoms with Crippen LogP contribution < -0.4 is 56.5 Å². The molecular formula is C20H33KO2. The van der Waals surface area contributed by atoms with Gasteiger partial charge in [-0.15, -0.1) is 5.73 Å². The molecule has 0 spiro atoms. The molecule has 0 aliphatic rings. The predicted octanol–water partition coefficient (Wildman–Crippen LogP) is 2.10. The average molecular weight is 345 g/mol. The van der Waals surface area contributed by atoms with Gasteiger partial charge in [0.05, 0.1) is 0 Å². The second-order valence-electron chi connectivity index (χ2n) is 5.81. The van der Waals surface area contributed by atoms with Gasteiger partial charge in [-0.1, -0.05) is 70.4 Å². The number of hydrogen-bond acceptors (Lipinski definition) is 2. The van der Waals surface area contributed by atoms with E-state index in [2.05, 4.69) is 24.8 Å². The Bertz CT molecular complexity index is 342. The van der Waals surface area contributed by atoms with E-state index in [1.807, 2.05) is 6.08 Å². The number of hydrogen-bond donors (Lipinski definition) is 0. The maximum atomic E-state index is 10.2. The van der Waals surface area contributed by atoms with Crippen LogP contribution in [-0.4, -0.2) is 5.97 Å². The van der Waals surface area contributed by atoms with E-state index in [9.17, 15) is 9.90 Å². The van der Waals surface area contributed by atoms with Crippen molar-refractivity contribution in [3.63, 3.8) is 0 Å². The van der Waals surface area contributed by atoms with Crippen molar-refractivity contribution in [1.82, 2.24) is 0 Å². The fraction of sp³-hybridized carbons (Fsp3) is 0.700. The number of unbranched alkanes of at least 4 members (excludes halogenated alkanes) is 9. The third kappa shape index (κ3) is 24.7. The normalized spacial score (nSPS) is 10.1. The minimum absolute atomic E-state index is 0. The molecule has 126 valence electrons. The van der Waals surface area contributed by atoms with E-state index in [1.54, 1.807) is 6.08 Å². The predicted molar refractivity (Wildman–Crippen MR) is 92.5 cm³/mol. The zero-order chi connectivity index (χ0) is 16.3. The summed E-state index contributed by atoms with van der Waals surface area (Å²) in [6, 6.07) is 0. The van der Waals surface area contributed by atoms with Crippen LogP contribution in [0.15, 0.2) is 30.0 Å². The molecule has 0 aromatic heterocycles. The molecule has 0 aliphatic heterocycles. The molecule has 3 heteroatoms. The Morgan fingerprint density at radius 3 is 2.09 bits per heavy atom. The van der Waals surface area contributed by atoms with Gasteiger partial charge in [-0.2, -0.15) is 0 Å². The van der Waals surface area contributed by atoms with Crippen LogP contribution in [0.1, 0.15) is 90.4 Å². The molecule has 0 atom stereocenters. The molecule has 0 aromatic rings. The van der Waals surface area contributed by atoms with E-state index in [0.717, 1.165) is 12.8 Å². The van der Waals surface area contributed by atoms with Crippen molar-refractivity contribution in [2.24, 2.45) is 0 Å². The standard InChI is InChI=1S/C20H34O2.K/c1-2-3-4-5-6-7-8-9-10-11-12-13-14-15-16-17-18-19-20(21)22;/h12-13,15,17H,2-11,14,18-19H2,1H3,(H,21,22);/q;+1/p-1. The monoisotopic (exact) mass is 344 g/mol. The van der Waals surface area contributed by atoms with Crippen LogP contribution in [-0.2, 0) is 4.79 Å². The number of carbonyl (C=O) groups excluding carboxylic acids is 1. The van der Waals surface area contributed by atoms with E-state index in [1.165, 1.54) is 57.8 Å². The van der Waals surface area contributed by atoms with Gasteiger partial charge < -0.3 is 9.90 Å². The van der Waals surface area contributed by atoms with E-state index < -0.39 is 5.97 Å². The molecule has 0 saturated carbocycles. The first-order valence-corrected chi connectivity index (χ1v) is 9.01. The van der Waals surface area contributed by atoms with E-state index in [0.29, 0.717) is 6.42 Å². The van der Waals surface area contributed by atoms with Crippen molar-refractivity contribution in [2.75, 3.05) is 0 Å². The molecule has 0 unspecified atom stereocenters. The molecule has 0 saturated heterocycles. The average Bonchev–Trinajstić information content (AvgIpc) is 2.50. The Labute approximate surface area is 185 Å². The summed E-state index contributed by atoms with van der Waals surface area (Å²) in [6.07, 6.45) is 23.1. The molecular weight excluding hydrogens is 311 g/mol. The summed E-state index contributed by atoms with van der Waals surface area (Å²) in [5.74, 6) is -1.00. The Balaban J connectivity index is 0. The molecule has 0 fully saturated rings. The molecule has 0 bridgehead atoms. The number of carbonyl (C=O) groups is 1. The summed E-state index contributed by atoms with van der Waals surface area (Å²) < 4.78 is 0. The summed E-state index contributed by atoms with van der Waals surface area (Å²) in [4.78, 5) is 10.2. The minimum atomic E-state index is -1.00. The van der Waals surface area contributed by atoms with Gasteiger partial charge in [-0.05, 0) is 44.3 Å². The van der Waals surface area contributed by atoms with Crippen LogP contribution in [0.3, 0.4) is 0 Å². The second kappa shape index (κ2) is 22.4. The quantitative estimate of drug-likeness (QED) is 0.198. The van der Waals surface area contributed by atoms with Crippen molar-refractivity contribution < 1.29 is 61.3 Å². The topological polar surface area (TPSA) is 40.1 Å². The van der Waals surface area contributed by atoms with Gasteiger partial charge >= 0.3 is 51.4 Å². The van der Waals surface area contributed by atoms with Crippen LogP contribution in [0, 0.1) is 0 Å². The summed E-state index contributed by atoms with van der Waals surface area (Å²) in [5, 5.41) is 10.2. The van der Waals surface area contributed by atoms with Gasteiger partial charge in [0.15, 0.2) is 0 Å². The summed E-state index contributed by atoms with van der Waals surface area (Å²) in [5.41, 5.74) is 2.99. The zero-order valence-corrected chi connectivity index (χ0v) is 18.4. The number of carboxylic acids is 1. The molecule has 2 nitrogen and oxygen atoms in total. The Hall–Kier alpha value is 0.366. The Kier molecular flexibility index (Phi) is 24.9. The first-order chi connectivity index (χ1) is 10.8. The molecule has 0 aromatic carbocycles.